The van der Waals surface area contributed by atoms with Crippen LogP contribution in [-0.4, -0.2) is 12.5 Å². The fourth-order valence-corrected chi connectivity index (χ4v) is 2.36. The summed E-state index contributed by atoms with van der Waals surface area (Å²) in [6.07, 6.45) is 2.13. The van der Waals surface area contributed by atoms with Gasteiger partial charge in [0, 0.05) is 6.54 Å². The summed E-state index contributed by atoms with van der Waals surface area (Å²) in [5.41, 5.74) is 1.64. The van der Waals surface area contributed by atoms with E-state index in [4.69, 9.17) is 23.2 Å². The third-order valence-electron chi connectivity index (χ3n) is 3.19. The number of carbonyl (C=O) groups is 1. The van der Waals surface area contributed by atoms with Crippen molar-refractivity contribution in [2.45, 2.75) is 6.42 Å². The molecule has 0 bridgehead atoms. The number of nitrogens with one attached hydrogen (secondary N) is 1. The smallest absolute Gasteiger partial charge is 0.261 e. The molecule has 0 aliphatic rings. The van der Waals surface area contributed by atoms with E-state index in [-0.39, 0.29) is 5.57 Å². The fourth-order valence-electron chi connectivity index (χ4n) is 2.00. The molecule has 0 aliphatic heterocycles. The van der Waals surface area contributed by atoms with Gasteiger partial charge < -0.3 is 5.32 Å². The average Bonchev–Trinajstić information content (AvgIpc) is 2.57. The molecule has 2 rings (SSSR count). The Morgan fingerprint density at radius 3 is 2.57 bits per heavy atom. The molecule has 2 aromatic rings. The summed E-state index contributed by atoms with van der Waals surface area (Å²) in [5.74, 6) is -0.431. The van der Waals surface area contributed by atoms with E-state index in [1.807, 2.05) is 36.4 Å². The topological polar surface area (TPSA) is 52.9 Å². The van der Waals surface area contributed by atoms with Gasteiger partial charge in [-0.05, 0) is 29.7 Å². The van der Waals surface area contributed by atoms with Gasteiger partial charge in [0.05, 0.1) is 10.0 Å². The molecule has 0 saturated carbocycles. The average molecular weight is 345 g/mol. The largest absolute Gasteiger partial charge is 0.351 e. The van der Waals surface area contributed by atoms with Crippen molar-refractivity contribution in [2.75, 3.05) is 6.54 Å². The molecule has 0 atom stereocenters. The van der Waals surface area contributed by atoms with Crippen LogP contribution in [0.5, 0.6) is 0 Å². The second-order valence-corrected chi connectivity index (χ2v) is 5.59. The summed E-state index contributed by atoms with van der Waals surface area (Å²) < 4.78 is 0. The zero-order valence-electron chi connectivity index (χ0n) is 12.2. The molecule has 0 aromatic heterocycles. The van der Waals surface area contributed by atoms with Crippen LogP contribution in [0.1, 0.15) is 11.1 Å². The van der Waals surface area contributed by atoms with Gasteiger partial charge in [-0.3, -0.25) is 4.79 Å². The molecule has 23 heavy (non-hydrogen) atoms. The zero-order chi connectivity index (χ0) is 16.7. The Balaban J connectivity index is 2.03. The van der Waals surface area contributed by atoms with E-state index in [0.29, 0.717) is 28.6 Å². The highest BCUT2D eigenvalue weighted by Gasteiger charge is 2.10. The maximum Gasteiger partial charge on any atom is 0.261 e. The maximum atomic E-state index is 12.1. The Morgan fingerprint density at radius 1 is 1.13 bits per heavy atom. The van der Waals surface area contributed by atoms with Gasteiger partial charge in [0.25, 0.3) is 5.91 Å². The number of hydrogen-bond donors (Lipinski definition) is 1. The van der Waals surface area contributed by atoms with Crippen molar-refractivity contribution >= 4 is 35.2 Å². The van der Waals surface area contributed by atoms with Crippen LogP contribution in [0.2, 0.25) is 10.0 Å². The van der Waals surface area contributed by atoms with Crippen molar-refractivity contribution in [3.8, 4) is 6.07 Å². The number of halogens is 2. The van der Waals surface area contributed by atoms with Crippen LogP contribution >= 0.6 is 23.2 Å². The lowest BCUT2D eigenvalue weighted by Gasteiger charge is -2.05. The van der Waals surface area contributed by atoms with Gasteiger partial charge in [-0.2, -0.15) is 5.26 Å². The first-order valence-electron chi connectivity index (χ1n) is 6.99. The molecule has 1 N–H and O–H groups in total. The minimum atomic E-state index is -0.431. The number of amides is 1. The minimum absolute atomic E-state index is 0.0118. The number of hydrogen-bond acceptors (Lipinski definition) is 2. The zero-order valence-corrected chi connectivity index (χ0v) is 13.7. The van der Waals surface area contributed by atoms with Gasteiger partial charge in [0.15, 0.2) is 0 Å². The third-order valence-corrected chi connectivity index (χ3v) is 4.02. The van der Waals surface area contributed by atoms with Crippen molar-refractivity contribution in [2.24, 2.45) is 0 Å². The second kappa shape index (κ2) is 8.38. The summed E-state index contributed by atoms with van der Waals surface area (Å²) in [5, 5.41) is 12.6. The van der Waals surface area contributed by atoms with Crippen LogP contribution in [0.25, 0.3) is 6.08 Å². The third kappa shape index (κ3) is 4.85. The first kappa shape index (κ1) is 17.1. The van der Waals surface area contributed by atoms with Gasteiger partial charge in [-0.1, -0.05) is 65.7 Å². The Morgan fingerprint density at radius 2 is 1.87 bits per heavy atom. The molecule has 0 heterocycles. The van der Waals surface area contributed by atoms with E-state index in [1.54, 1.807) is 18.2 Å². The number of nitriles is 1. The van der Waals surface area contributed by atoms with Crippen molar-refractivity contribution in [3.63, 3.8) is 0 Å². The summed E-state index contributed by atoms with van der Waals surface area (Å²) in [7, 11) is 0. The quantitative estimate of drug-likeness (QED) is 0.650. The first-order chi connectivity index (χ1) is 11.1. The predicted molar refractivity (Wildman–Crippen MR) is 93.2 cm³/mol. The van der Waals surface area contributed by atoms with Crippen LogP contribution in [-0.2, 0) is 11.2 Å². The molecule has 0 spiro atoms. The van der Waals surface area contributed by atoms with Gasteiger partial charge in [0.1, 0.15) is 11.6 Å². The molecule has 0 unspecified atom stereocenters. The molecule has 2 aromatic carbocycles. The van der Waals surface area contributed by atoms with E-state index in [9.17, 15) is 10.1 Å². The molecule has 5 heteroatoms. The van der Waals surface area contributed by atoms with Gasteiger partial charge in [0.2, 0.25) is 0 Å². The van der Waals surface area contributed by atoms with Crippen molar-refractivity contribution < 1.29 is 4.79 Å². The van der Waals surface area contributed by atoms with Crippen LogP contribution in [0.4, 0.5) is 0 Å². The lowest BCUT2D eigenvalue weighted by atomic mass is 10.1. The van der Waals surface area contributed by atoms with Crippen LogP contribution < -0.4 is 5.32 Å². The maximum absolute atomic E-state index is 12.1. The van der Waals surface area contributed by atoms with Gasteiger partial charge >= 0.3 is 0 Å². The van der Waals surface area contributed by atoms with E-state index >= 15 is 0 Å². The molecule has 0 saturated heterocycles. The van der Waals surface area contributed by atoms with Gasteiger partial charge in [-0.25, -0.2) is 0 Å². The summed E-state index contributed by atoms with van der Waals surface area (Å²) in [6.45, 7) is 0.450. The fraction of sp³-hybridized carbons (Fsp3) is 0.111. The number of benzene rings is 2. The van der Waals surface area contributed by atoms with E-state index in [1.165, 1.54) is 6.08 Å². The minimum Gasteiger partial charge on any atom is -0.351 e. The summed E-state index contributed by atoms with van der Waals surface area (Å²) in [4.78, 5) is 12.1. The number of carbonyl (C=O) groups excluding carboxylic acids is 1. The normalized spacial score (nSPS) is 10.9. The van der Waals surface area contributed by atoms with E-state index in [2.05, 4.69) is 5.32 Å². The summed E-state index contributed by atoms with van der Waals surface area (Å²) in [6, 6.07) is 16.7. The highest BCUT2D eigenvalue weighted by atomic mass is 35.5. The standard InChI is InChI=1S/C18H14Cl2N2O/c19-16-8-4-7-14(17(16)20)11-15(12-21)18(23)22-10-9-13-5-2-1-3-6-13/h1-8,11H,9-10H2,(H,22,23)/b15-11+. The Labute approximate surface area is 145 Å². The van der Waals surface area contributed by atoms with Crippen molar-refractivity contribution in [3.05, 3.63) is 75.3 Å². The lowest BCUT2D eigenvalue weighted by molar-refractivity contribution is -0.117. The monoisotopic (exact) mass is 344 g/mol. The van der Waals surface area contributed by atoms with Crippen molar-refractivity contribution in [1.82, 2.24) is 5.32 Å². The Kier molecular flexibility index (Phi) is 6.22. The first-order valence-corrected chi connectivity index (χ1v) is 7.75. The molecule has 3 nitrogen and oxygen atoms in total. The molecule has 1 amide bonds. The Bertz CT molecular complexity index is 764. The number of rotatable bonds is 5. The molecule has 0 radical (unpaired) electrons. The molecular formula is C18H14Cl2N2O. The van der Waals surface area contributed by atoms with Crippen molar-refractivity contribution in [1.29, 1.82) is 5.26 Å². The SMILES string of the molecule is N#C/C(=C\c1cccc(Cl)c1Cl)C(=O)NCCc1ccccc1. The highest BCUT2D eigenvalue weighted by molar-refractivity contribution is 6.43. The predicted octanol–water partition coefficient (Wildman–Crippen LogP) is 4.26. The van der Waals surface area contributed by atoms with Crippen LogP contribution in [0.15, 0.2) is 54.1 Å². The molecule has 0 aliphatic carbocycles. The van der Waals surface area contributed by atoms with Gasteiger partial charge in [-0.15, -0.1) is 0 Å². The van der Waals surface area contributed by atoms with Crippen LogP contribution in [0, 0.1) is 11.3 Å². The highest BCUT2D eigenvalue weighted by Crippen LogP contribution is 2.27. The summed E-state index contributed by atoms with van der Waals surface area (Å²) >= 11 is 12.0. The second-order valence-electron chi connectivity index (χ2n) is 4.80. The lowest BCUT2D eigenvalue weighted by Crippen LogP contribution is -2.26. The number of nitrogens with zero attached hydrogens (tertiary/aromatic N) is 1. The Hall–Kier alpha value is -2.28. The van der Waals surface area contributed by atoms with Crippen LogP contribution in [0.3, 0.4) is 0 Å². The van der Waals surface area contributed by atoms with E-state index in [0.717, 1.165) is 5.56 Å². The van der Waals surface area contributed by atoms with E-state index < -0.39 is 5.91 Å². The molecule has 0 fully saturated rings. The molecule has 116 valence electrons. The molecular weight excluding hydrogens is 331 g/mol.